The van der Waals surface area contributed by atoms with Gasteiger partial charge in [-0.3, -0.25) is 4.79 Å². The number of anilines is 2. The minimum absolute atomic E-state index is 0.0231. The van der Waals surface area contributed by atoms with Gasteiger partial charge >= 0.3 is 0 Å². The number of carbonyl (C=O) groups excluding carboxylic acids is 1. The van der Waals surface area contributed by atoms with Gasteiger partial charge in [-0.15, -0.1) is 0 Å². The molecule has 122 valence electrons. The van der Waals surface area contributed by atoms with Crippen molar-refractivity contribution in [1.82, 2.24) is 4.98 Å². The van der Waals surface area contributed by atoms with E-state index in [0.717, 1.165) is 27.7 Å². The molecule has 0 saturated carbocycles. The van der Waals surface area contributed by atoms with Crippen LogP contribution in [0.3, 0.4) is 0 Å². The van der Waals surface area contributed by atoms with Crippen molar-refractivity contribution in [2.75, 3.05) is 10.6 Å². The quantitative estimate of drug-likeness (QED) is 0.598. The molecule has 0 spiro atoms. The normalized spacial score (nSPS) is 10.8. The maximum atomic E-state index is 12.4. The van der Waals surface area contributed by atoms with Crippen LogP contribution in [0.5, 0.6) is 0 Å². The zero-order valence-corrected chi connectivity index (χ0v) is 15.0. The smallest absolute Gasteiger partial charge is 0.267 e. The standard InChI is InChI=1S/C18H17BrN4O/c1-3-13-6-4-5-12(2)17(13)23-18(24)14(9-20)10-21-16-8-7-15(19)11-22-16/h4-8,10-11H,3H2,1-2H3,(H,21,22)(H,23,24)/b14-10-. The summed E-state index contributed by atoms with van der Waals surface area (Å²) in [6.07, 6.45) is 3.78. The Kier molecular flexibility index (Phi) is 6.10. The lowest BCUT2D eigenvalue weighted by molar-refractivity contribution is -0.112. The Labute approximate surface area is 149 Å². The lowest BCUT2D eigenvalue weighted by Crippen LogP contribution is -2.16. The summed E-state index contributed by atoms with van der Waals surface area (Å²) in [5.41, 5.74) is 2.73. The highest BCUT2D eigenvalue weighted by atomic mass is 79.9. The molecule has 2 N–H and O–H groups in total. The molecule has 0 atom stereocenters. The Bertz CT molecular complexity index is 807. The number of aromatic nitrogens is 1. The van der Waals surface area contributed by atoms with Crippen LogP contribution in [0.4, 0.5) is 11.5 Å². The average molecular weight is 385 g/mol. The Morgan fingerprint density at radius 2 is 2.17 bits per heavy atom. The van der Waals surface area contributed by atoms with Crippen molar-refractivity contribution in [1.29, 1.82) is 5.26 Å². The first kappa shape index (κ1) is 17.7. The van der Waals surface area contributed by atoms with Crippen LogP contribution >= 0.6 is 15.9 Å². The molecule has 0 unspecified atom stereocenters. The lowest BCUT2D eigenvalue weighted by atomic mass is 10.1. The monoisotopic (exact) mass is 384 g/mol. The number of aryl methyl sites for hydroxylation is 2. The molecule has 5 nitrogen and oxygen atoms in total. The van der Waals surface area contributed by atoms with Gasteiger partial charge < -0.3 is 10.6 Å². The Hall–Kier alpha value is -2.65. The Morgan fingerprint density at radius 1 is 1.38 bits per heavy atom. The summed E-state index contributed by atoms with van der Waals surface area (Å²) in [6.45, 7) is 3.95. The molecule has 2 rings (SSSR count). The number of amides is 1. The summed E-state index contributed by atoms with van der Waals surface area (Å²) in [6, 6.07) is 11.3. The SMILES string of the molecule is CCc1cccc(C)c1NC(=O)/C(C#N)=C\Nc1ccc(Br)cn1. The third kappa shape index (κ3) is 4.43. The van der Waals surface area contributed by atoms with Gasteiger partial charge in [-0.25, -0.2) is 4.98 Å². The lowest BCUT2D eigenvalue weighted by Gasteiger charge is -2.12. The first-order valence-corrected chi connectivity index (χ1v) is 8.22. The number of halogens is 1. The molecule has 0 bridgehead atoms. The summed E-state index contributed by atoms with van der Waals surface area (Å²) >= 11 is 3.30. The predicted molar refractivity (Wildman–Crippen MR) is 98.4 cm³/mol. The molecule has 1 heterocycles. The molecular weight excluding hydrogens is 368 g/mol. The third-order valence-corrected chi connectivity index (χ3v) is 3.90. The van der Waals surface area contributed by atoms with Crippen LogP contribution in [0.1, 0.15) is 18.1 Å². The topological polar surface area (TPSA) is 77.8 Å². The van der Waals surface area contributed by atoms with Gasteiger partial charge in [0.15, 0.2) is 0 Å². The van der Waals surface area contributed by atoms with Crippen molar-refractivity contribution in [2.24, 2.45) is 0 Å². The van der Waals surface area contributed by atoms with E-state index in [4.69, 9.17) is 0 Å². The Balaban J connectivity index is 2.16. The highest BCUT2D eigenvalue weighted by Crippen LogP contribution is 2.21. The van der Waals surface area contributed by atoms with E-state index in [1.54, 1.807) is 12.3 Å². The maximum Gasteiger partial charge on any atom is 0.267 e. The average Bonchev–Trinajstić information content (AvgIpc) is 2.58. The zero-order valence-electron chi connectivity index (χ0n) is 13.4. The van der Waals surface area contributed by atoms with E-state index < -0.39 is 5.91 Å². The fourth-order valence-corrected chi connectivity index (χ4v) is 2.37. The van der Waals surface area contributed by atoms with Gasteiger partial charge in [0.2, 0.25) is 0 Å². The first-order valence-electron chi connectivity index (χ1n) is 7.43. The summed E-state index contributed by atoms with van der Waals surface area (Å²) in [7, 11) is 0. The first-order chi connectivity index (χ1) is 11.5. The minimum atomic E-state index is -0.453. The van der Waals surface area contributed by atoms with Gasteiger partial charge in [0.05, 0.1) is 0 Å². The zero-order chi connectivity index (χ0) is 17.5. The predicted octanol–water partition coefficient (Wildman–Crippen LogP) is 4.17. The highest BCUT2D eigenvalue weighted by molar-refractivity contribution is 9.10. The number of nitrogens with one attached hydrogen (secondary N) is 2. The second-order valence-corrected chi connectivity index (χ2v) is 6.01. The van der Waals surface area contributed by atoms with Crippen LogP contribution in [0.2, 0.25) is 0 Å². The van der Waals surface area contributed by atoms with Gasteiger partial charge in [0.25, 0.3) is 5.91 Å². The number of benzene rings is 1. The number of nitrogens with zero attached hydrogens (tertiary/aromatic N) is 2. The van der Waals surface area contributed by atoms with E-state index >= 15 is 0 Å². The van der Waals surface area contributed by atoms with Gasteiger partial charge in [0, 0.05) is 22.6 Å². The van der Waals surface area contributed by atoms with Crippen molar-refractivity contribution >= 4 is 33.3 Å². The van der Waals surface area contributed by atoms with E-state index in [2.05, 4.69) is 31.5 Å². The third-order valence-electron chi connectivity index (χ3n) is 3.44. The molecule has 24 heavy (non-hydrogen) atoms. The van der Waals surface area contributed by atoms with E-state index in [9.17, 15) is 10.1 Å². The number of para-hydroxylation sites is 1. The molecular formula is C18H17BrN4O. The van der Waals surface area contributed by atoms with E-state index in [0.29, 0.717) is 5.82 Å². The van der Waals surface area contributed by atoms with Crippen molar-refractivity contribution in [3.8, 4) is 6.07 Å². The van der Waals surface area contributed by atoms with Gasteiger partial charge in [-0.05, 0) is 52.5 Å². The summed E-state index contributed by atoms with van der Waals surface area (Å²) < 4.78 is 0.849. The van der Waals surface area contributed by atoms with E-state index in [1.165, 1.54) is 6.20 Å². The molecule has 1 aromatic carbocycles. The minimum Gasteiger partial charge on any atom is -0.345 e. The van der Waals surface area contributed by atoms with Crippen LogP contribution in [0, 0.1) is 18.3 Å². The molecule has 2 aromatic rings. The fraction of sp³-hybridized carbons (Fsp3) is 0.167. The molecule has 1 aromatic heterocycles. The van der Waals surface area contributed by atoms with Gasteiger partial charge in [-0.1, -0.05) is 25.1 Å². The van der Waals surface area contributed by atoms with Crippen LogP contribution in [0.15, 0.2) is 52.8 Å². The molecule has 0 saturated heterocycles. The number of nitriles is 1. The second kappa shape index (κ2) is 8.27. The van der Waals surface area contributed by atoms with Crippen LogP contribution in [-0.2, 0) is 11.2 Å². The largest absolute Gasteiger partial charge is 0.345 e. The highest BCUT2D eigenvalue weighted by Gasteiger charge is 2.13. The Morgan fingerprint density at radius 3 is 2.79 bits per heavy atom. The van der Waals surface area contributed by atoms with Gasteiger partial charge in [-0.2, -0.15) is 5.26 Å². The molecule has 0 aliphatic carbocycles. The van der Waals surface area contributed by atoms with E-state index in [1.807, 2.05) is 44.2 Å². The number of carbonyl (C=O) groups is 1. The molecule has 0 aliphatic heterocycles. The summed E-state index contributed by atoms with van der Waals surface area (Å²) in [4.78, 5) is 16.5. The number of pyridine rings is 1. The summed E-state index contributed by atoms with van der Waals surface area (Å²) in [5, 5.41) is 14.9. The summed E-state index contributed by atoms with van der Waals surface area (Å²) in [5.74, 6) is 0.0926. The molecule has 0 fully saturated rings. The molecule has 0 aliphatic rings. The van der Waals surface area contributed by atoms with Crippen molar-refractivity contribution in [3.63, 3.8) is 0 Å². The molecule has 1 amide bonds. The van der Waals surface area contributed by atoms with E-state index in [-0.39, 0.29) is 5.57 Å². The number of rotatable bonds is 5. The number of hydrogen-bond acceptors (Lipinski definition) is 4. The van der Waals surface area contributed by atoms with Crippen molar-refractivity contribution < 1.29 is 4.79 Å². The van der Waals surface area contributed by atoms with Crippen LogP contribution < -0.4 is 10.6 Å². The maximum absolute atomic E-state index is 12.4. The fourth-order valence-electron chi connectivity index (χ4n) is 2.14. The molecule has 6 heteroatoms. The second-order valence-electron chi connectivity index (χ2n) is 5.09. The van der Waals surface area contributed by atoms with Crippen molar-refractivity contribution in [2.45, 2.75) is 20.3 Å². The van der Waals surface area contributed by atoms with Gasteiger partial charge in [0.1, 0.15) is 17.5 Å². The van der Waals surface area contributed by atoms with Crippen molar-refractivity contribution in [3.05, 3.63) is 63.9 Å². The number of hydrogen-bond donors (Lipinski definition) is 2. The molecule has 0 radical (unpaired) electrons. The van der Waals surface area contributed by atoms with Crippen LogP contribution in [0.25, 0.3) is 0 Å². The van der Waals surface area contributed by atoms with Crippen LogP contribution in [-0.4, -0.2) is 10.9 Å².